The predicted octanol–water partition coefficient (Wildman–Crippen LogP) is 1.84. The Morgan fingerprint density at radius 3 is 2.80 bits per heavy atom. The number of hydrogen-bond acceptors (Lipinski definition) is 5. The van der Waals surface area contributed by atoms with Crippen LogP contribution >= 0.6 is 11.8 Å². The van der Waals surface area contributed by atoms with Crippen LogP contribution in [0, 0.1) is 11.3 Å². The van der Waals surface area contributed by atoms with E-state index in [0.29, 0.717) is 11.3 Å². The molecule has 0 bridgehead atoms. The molecular formula is C14H15N3O2S. The molecule has 1 N–H and O–H groups in total. The average Bonchev–Trinajstić information content (AvgIpc) is 2.67. The molecule has 1 unspecified atom stereocenters. The summed E-state index contributed by atoms with van der Waals surface area (Å²) < 4.78 is 0. The van der Waals surface area contributed by atoms with Crippen LogP contribution in [0.25, 0.3) is 0 Å². The molecule has 6 heteroatoms. The van der Waals surface area contributed by atoms with Crippen LogP contribution in [0.4, 0.5) is 5.69 Å². The second-order valence-electron chi connectivity index (χ2n) is 4.42. The zero-order valence-corrected chi connectivity index (χ0v) is 12.2. The molecule has 1 aliphatic rings. The van der Waals surface area contributed by atoms with Gasteiger partial charge in [-0.2, -0.15) is 5.26 Å². The fraction of sp³-hybridized carbons (Fsp3) is 0.357. The number of nitriles is 1. The van der Waals surface area contributed by atoms with Crippen LogP contribution in [0.2, 0.25) is 0 Å². The molecule has 1 aromatic carbocycles. The number of anilines is 1. The van der Waals surface area contributed by atoms with Gasteiger partial charge in [0.05, 0.1) is 17.7 Å². The van der Waals surface area contributed by atoms with Crippen LogP contribution in [0.5, 0.6) is 0 Å². The van der Waals surface area contributed by atoms with Crippen molar-refractivity contribution in [3.05, 3.63) is 23.8 Å². The highest BCUT2D eigenvalue weighted by molar-refractivity contribution is 7.99. The van der Waals surface area contributed by atoms with Crippen molar-refractivity contribution in [2.24, 2.45) is 0 Å². The first-order valence-corrected chi connectivity index (χ1v) is 7.29. The Balaban J connectivity index is 2.26. The molecule has 1 aromatic rings. The Hall–Kier alpha value is -2.00. The van der Waals surface area contributed by atoms with Crippen LogP contribution in [0.1, 0.15) is 18.9 Å². The van der Waals surface area contributed by atoms with E-state index in [1.54, 1.807) is 17.8 Å². The molecule has 0 radical (unpaired) electrons. The number of carbonyl (C=O) groups excluding carboxylic acids is 2. The number of hydrogen-bond donors (Lipinski definition) is 1. The lowest BCUT2D eigenvalue weighted by Crippen LogP contribution is -2.32. The molecule has 1 atom stereocenters. The van der Waals surface area contributed by atoms with Crippen LogP contribution in [-0.4, -0.2) is 35.6 Å². The molecule has 1 saturated heterocycles. The number of amides is 2. The number of likely N-dealkylation sites (N-methyl/N-ethyl adjacent to an activating group) is 1. The smallest absolute Gasteiger partial charge is 0.251 e. The molecule has 1 heterocycles. The van der Waals surface area contributed by atoms with Gasteiger partial charge in [0.25, 0.3) is 5.91 Å². The number of rotatable bonds is 4. The number of nitrogens with one attached hydrogen (secondary N) is 1. The second-order valence-corrected chi connectivity index (χ2v) is 5.72. The van der Waals surface area contributed by atoms with Gasteiger partial charge in [-0.15, -0.1) is 11.8 Å². The third-order valence-corrected chi connectivity index (χ3v) is 4.09. The number of carbonyl (C=O) groups is 2. The van der Waals surface area contributed by atoms with Crippen LogP contribution < -0.4 is 5.32 Å². The lowest BCUT2D eigenvalue weighted by molar-refractivity contribution is -0.136. The fourth-order valence-corrected chi connectivity index (χ4v) is 2.88. The van der Waals surface area contributed by atoms with Gasteiger partial charge >= 0.3 is 0 Å². The summed E-state index contributed by atoms with van der Waals surface area (Å²) in [6, 6.07) is 7.06. The average molecular weight is 289 g/mol. The number of likely N-dealkylation sites (tertiary alicyclic amines) is 1. The third kappa shape index (κ3) is 2.63. The topological polar surface area (TPSA) is 73.2 Å². The Morgan fingerprint density at radius 1 is 1.50 bits per heavy atom. The van der Waals surface area contributed by atoms with Gasteiger partial charge in [0.1, 0.15) is 12.1 Å². The molecule has 1 fully saturated rings. The first kappa shape index (κ1) is 14.4. The zero-order chi connectivity index (χ0) is 14.7. The first-order valence-electron chi connectivity index (χ1n) is 6.31. The number of thioether (sulfide) groups is 1. The SMILES string of the molecule is CCSc1cccc(NC2CC(=O)N(C)C2=O)c1C#N. The minimum absolute atomic E-state index is 0.130. The third-order valence-electron chi connectivity index (χ3n) is 3.15. The van der Waals surface area contributed by atoms with Gasteiger partial charge in [-0.25, -0.2) is 0 Å². The van der Waals surface area contributed by atoms with E-state index in [-0.39, 0.29) is 18.2 Å². The van der Waals surface area contributed by atoms with Gasteiger partial charge in [-0.3, -0.25) is 14.5 Å². The summed E-state index contributed by atoms with van der Waals surface area (Å²) in [6.45, 7) is 2.01. The van der Waals surface area contributed by atoms with E-state index in [9.17, 15) is 14.9 Å². The standard InChI is InChI=1S/C14H15N3O2S/c1-3-20-12-6-4-5-10(9(12)8-15)16-11-7-13(18)17(2)14(11)19/h4-6,11,16H,3,7H2,1-2H3. The first-order chi connectivity index (χ1) is 9.58. The maximum atomic E-state index is 11.9. The maximum Gasteiger partial charge on any atom is 0.251 e. The zero-order valence-electron chi connectivity index (χ0n) is 11.3. The highest BCUT2D eigenvalue weighted by Crippen LogP contribution is 2.29. The molecule has 20 heavy (non-hydrogen) atoms. The van der Waals surface area contributed by atoms with Gasteiger partial charge in [0.2, 0.25) is 5.91 Å². The van der Waals surface area contributed by atoms with E-state index in [4.69, 9.17) is 0 Å². The fourth-order valence-electron chi connectivity index (χ4n) is 2.10. The Bertz CT molecular complexity index is 595. The Labute approximate surface area is 121 Å². The van der Waals surface area contributed by atoms with E-state index >= 15 is 0 Å². The molecule has 2 amide bonds. The molecule has 0 aromatic heterocycles. The number of imide groups is 1. The van der Waals surface area contributed by atoms with E-state index in [0.717, 1.165) is 15.5 Å². The monoisotopic (exact) mass is 289 g/mol. The number of benzene rings is 1. The minimum atomic E-state index is -0.582. The van der Waals surface area contributed by atoms with Crippen LogP contribution in [-0.2, 0) is 9.59 Å². The van der Waals surface area contributed by atoms with Gasteiger partial charge in [0, 0.05) is 11.9 Å². The number of nitrogens with zero attached hydrogens (tertiary/aromatic N) is 2. The summed E-state index contributed by atoms with van der Waals surface area (Å²) in [4.78, 5) is 25.4. The summed E-state index contributed by atoms with van der Waals surface area (Å²) in [6.07, 6.45) is 0.130. The van der Waals surface area contributed by atoms with Crippen molar-refractivity contribution < 1.29 is 9.59 Å². The largest absolute Gasteiger partial charge is 0.372 e. The van der Waals surface area contributed by atoms with Crippen molar-refractivity contribution in [1.82, 2.24) is 4.90 Å². The molecule has 104 valence electrons. The normalized spacial score (nSPS) is 18.2. The van der Waals surface area contributed by atoms with Crippen molar-refractivity contribution in [2.75, 3.05) is 18.1 Å². The lowest BCUT2D eigenvalue weighted by Gasteiger charge is -2.15. The van der Waals surface area contributed by atoms with Crippen molar-refractivity contribution in [3.8, 4) is 6.07 Å². The van der Waals surface area contributed by atoms with Gasteiger partial charge in [-0.05, 0) is 17.9 Å². The Kier molecular flexibility index (Phi) is 4.30. The summed E-state index contributed by atoms with van der Waals surface area (Å²) in [5.74, 6) is 0.402. The van der Waals surface area contributed by atoms with Crippen molar-refractivity contribution in [3.63, 3.8) is 0 Å². The molecule has 5 nitrogen and oxygen atoms in total. The van der Waals surface area contributed by atoms with E-state index in [2.05, 4.69) is 11.4 Å². The van der Waals surface area contributed by atoms with E-state index < -0.39 is 6.04 Å². The highest BCUT2D eigenvalue weighted by atomic mass is 32.2. The van der Waals surface area contributed by atoms with Crippen LogP contribution in [0.15, 0.2) is 23.1 Å². The molecule has 0 saturated carbocycles. The molecule has 2 rings (SSSR count). The van der Waals surface area contributed by atoms with Crippen molar-refractivity contribution >= 4 is 29.3 Å². The quantitative estimate of drug-likeness (QED) is 0.676. The second kappa shape index (κ2) is 5.97. The van der Waals surface area contributed by atoms with Crippen molar-refractivity contribution in [2.45, 2.75) is 24.3 Å². The van der Waals surface area contributed by atoms with Crippen LogP contribution in [0.3, 0.4) is 0 Å². The summed E-state index contributed by atoms with van der Waals surface area (Å²) in [5.41, 5.74) is 1.13. The molecular weight excluding hydrogens is 274 g/mol. The highest BCUT2D eigenvalue weighted by Gasteiger charge is 2.36. The predicted molar refractivity (Wildman–Crippen MR) is 77.4 cm³/mol. The molecule has 1 aliphatic heterocycles. The van der Waals surface area contributed by atoms with Gasteiger partial charge in [0.15, 0.2) is 0 Å². The lowest BCUT2D eigenvalue weighted by atomic mass is 10.1. The summed E-state index contributed by atoms with van der Waals surface area (Å²) in [7, 11) is 1.47. The van der Waals surface area contributed by atoms with Crippen molar-refractivity contribution in [1.29, 1.82) is 5.26 Å². The maximum absolute atomic E-state index is 11.9. The Morgan fingerprint density at radius 2 is 2.25 bits per heavy atom. The minimum Gasteiger partial charge on any atom is -0.372 e. The van der Waals surface area contributed by atoms with E-state index in [1.807, 2.05) is 19.1 Å². The van der Waals surface area contributed by atoms with E-state index in [1.165, 1.54) is 7.05 Å². The molecule has 0 spiro atoms. The summed E-state index contributed by atoms with van der Waals surface area (Å²) >= 11 is 1.58. The van der Waals surface area contributed by atoms with Gasteiger partial charge < -0.3 is 5.32 Å². The molecule has 0 aliphatic carbocycles. The summed E-state index contributed by atoms with van der Waals surface area (Å²) in [5, 5.41) is 12.3. The van der Waals surface area contributed by atoms with Gasteiger partial charge in [-0.1, -0.05) is 13.0 Å².